The van der Waals surface area contributed by atoms with Gasteiger partial charge in [-0.25, -0.2) is 4.79 Å². The number of carboxylic acids is 1. The lowest BCUT2D eigenvalue weighted by atomic mass is 10.0. The van der Waals surface area contributed by atoms with Gasteiger partial charge in [0.1, 0.15) is 6.07 Å². The van der Waals surface area contributed by atoms with E-state index in [1.807, 2.05) is 0 Å². The van der Waals surface area contributed by atoms with Crippen LogP contribution in [-0.4, -0.2) is 28.4 Å². The van der Waals surface area contributed by atoms with Crippen LogP contribution in [0.25, 0.3) is 0 Å². The maximum absolute atomic E-state index is 10.5. The van der Waals surface area contributed by atoms with Crippen molar-refractivity contribution in [2.24, 2.45) is 0 Å². The normalized spacial score (nSPS) is 11.6. The van der Waals surface area contributed by atoms with Crippen molar-refractivity contribution in [1.82, 2.24) is 0 Å². The highest BCUT2D eigenvalue weighted by molar-refractivity contribution is 5.75. The summed E-state index contributed by atoms with van der Waals surface area (Å²) in [5.41, 5.74) is -0.125. The lowest BCUT2D eigenvalue weighted by Crippen LogP contribution is -2.10. The van der Waals surface area contributed by atoms with Crippen molar-refractivity contribution >= 4 is 5.97 Å². The first-order valence-electron chi connectivity index (χ1n) is 4.23. The second-order valence-corrected chi connectivity index (χ2v) is 2.97. The van der Waals surface area contributed by atoms with Gasteiger partial charge >= 0.3 is 5.97 Å². The van der Waals surface area contributed by atoms with E-state index in [9.17, 15) is 15.0 Å². The highest BCUT2D eigenvalue weighted by atomic mass is 16.5. The Balaban J connectivity index is 3.32. The minimum absolute atomic E-state index is 0.0437. The van der Waals surface area contributed by atoms with Gasteiger partial charge in [0.15, 0.2) is 17.6 Å². The second-order valence-electron chi connectivity index (χ2n) is 2.97. The molecule has 1 rings (SSSR count). The van der Waals surface area contributed by atoms with E-state index < -0.39 is 17.8 Å². The van der Waals surface area contributed by atoms with Crippen LogP contribution in [0.2, 0.25) is 0 Å². The fraction of sp³-hybridized carbons (Fsp3) is 0.200. The standard InChI is InChI=1S/C10H9NO5/c1-16-9-6(4-11)2-5(3-7(9)12)8(13)10(14)15/h2-3,8,12-13H,1H3,(H,14,15). The summed E-state index contributed by atoms with van der Waals surface area (Å²) in [6.07, 6.45) is -1.79. The molecule has 6 nitrogen and oxygen atoms in total. The Hall–Kier alpha value is -2.26. The maximum atomic E-state index is 10.5. The Bertz CT molecular complexity index is 463. The molecular weight excluding hydrogens is 214 g/mol. The van der Waals surface area contributed by atoms with E-state index >= 15 is 0 Å². The molecule has 0 fully saturated rings. The molecule has 0 aromatic heterocycles. The van der Waals surface area contributed by atoms with Crippen LogP contribution in [0.5, 0.6) is 11.5 Å². The average Bonchev–Trinajstić information content (AvgIpc) is 2.26. The number of methoxy groups -OCH3 is 1. The molecule has 0 amide bonds. The van der Waals surface area contributed by atoms with Crippen molar-refractivity contribution in [1.29, 1.82) is 5.26 Å². The van der Waals surface area contributed by atoms with Crippen molar-refractivity contribution < 1.29 is 24.9 Å². The van der Waals surface area contributed by atoms with Crippen LogP contribution in [0.15, 0.2) is 12.1 Å². The Morgan fingerprint density at radius 2 is 2.19 bits per heavy atom. The number of phenols is 1. The largest absolute Gasteiger partial charge is 0.504 e. The van der Waals surface area contributed by atoms with Crippen molar-refractivity contribution in [2.75, 3.05) is 7.11 Å². The number of hydrogen-bond acceptors (Lipinski definition) is 5. The third-order valence-electron chi connectivity index (χ3n) is 1.97. The van der Waals surface area contributed by atoms with Crippen LogP contribution in [0.1, 0.15) is 17.2 Å². The van der Waals surface area contributed by atoms with Crippen molar-refractivity contribution in [2.45, 2.75) is 6.10 Å². The summed E-state index contributed by atoms with van der Waals surface area (Å²) < 4.78 is 4.76. The van der Waals surface area contributed by atoms with Crippen LogP contribution >= 0.6 is 0 Å². The van der Waals surface area contributed by atoms with Gasteiger partial charge in [0.25, 0.3) is 0 Å². The van der Waals surface area contributed by atoms with E-state index in [0.717, 1.165) is 12.1 Å². The number of ether oxygens (including phenoxy) is 1. The number of aliphatic hydroxyl groups is 1. The molecule has 0 aliphatic heterocycles. The highest BCUT2D eigenvalue weighted by Gasteiger charge is 2.20. The molecule has 1 aromatic carbocycles. The highest BCUT2D eigenvalue weighted by Crippen LogP contribution is 2.33. The zero-order valence-corrected chi connectivity index (χ0v) is 8.34. The fourth-order valence-electron chi connectivity index (χ4n) is 1.23. The van der Waals surface area contributed by atoms with Gasteiger partial charge in [0.05, 0.1) is 12.7 Å². The van der Waals surface area contributed by atoms with Crippen LogP contribution in [0, 0.1) is 11.3 Å². The summed E-state index contributed by atoms with van der Waals surface area (Å²) in [6, 6.07) is 3.92. The number of nitrogens with zero attached hydrogens (tertiary/aromatic N) is 1. The number of nitriles is 1. The molecule has 3 N–H and O–H groups in total. The average molecular weight is 223 g/mol. The summed E-state index contributed by atoms with van der Waals surface area (Å²) >= 11 is 0. The first kappa shape index (κ1) is 11.8. The lowest BCUT2D eigenvalue weighted by Gasteiger charge is -2.10. The van der Waals surface area contributed by atoms with Crippen LogP contribution in [-0.2, 0) is 4.79 Å². The fourth-order valence-corrected chi connectivity index (χ4v) is 1.23. The van der Waals surface area contributed by atoms with Gasteiger partial charge in [0.2, 0.25) is 0 Å². The first-order chi connectivity index (χ1) is 7.51. The molecule has 0 spiro atoms. The minimum Gasteiger partial charge on any atom is -0.504 e. The van der Waals surface area contributed by atoms with E-state index in [1.54, 1.807) is 6.07 Å². The molecule has 0 heterocycles. The van der Waals surface area contributed by atoms with Gasteiger partial charge in [-0.1, -0.05) is 0 Å². The number of phenolic OH excluding ortho intramolecular Hbond substituents is 1. The van der Waals surface area contributed by atoms with Crippen molar-refractivity contribution in [3.63, 3.8) is 0 Å². The Kier molecular flexibility index (Phi) is 3.33. The molecule has 16 heavy (non-hydrogen) atoms. The molecule has 1 unspecified atom stereocenters. The molecular formula is C10H9NO5. The van der Waals surface area contributed by atoms with E-state index in [-0.39, 0.29) is 16.9 Å². The number of carboxylic acid groups (broad SMARTS) is 1. The molecule has 0 bridgehead atoms. The van der Waals surface area contributed by atoms with E-state index in [2.05, 4.69) is 0 Å². The monoisotopic (exact) mass is 223 g/mol. The number of rotatable bonds is 3. The van der Waals surface area contributed by atoms with Crippen LogP contribution in [0.3, 0.4) is 0 Å². The predicted octanol–water partition coefficient (Wildman–Crippen LogP) is 0.390. The molecule has 0 saturated carbocycles. The summed E-state index contributed by atoms with van der Waals surface area (Å²) in [5.74, 6) is -1.91. The molecule has 0 saturated heterocycles. The van der Waals surface area contributed by atoms with Gasteiger partial charge in [-0.3, -0.25) is 0 Å². The summed E-state index contributed by atoms with van der Waals surface area (Å²) in [4.78, 5) is 10.5. The van der Waals surface area contributed by atoms with Gasteiger partial charge in [-0.15, -0.1) is 0 Å². The predicted molar refractivity (Wildman–Crippen MR) is 52.0 cm³/mol. The van der Waals surface area contributed by atoms with Gasteiger partial charge in [-0.2, -0.15) is 5.26 Å². The number of benzene rings is 1. The summed E-state index contributed by atoms with van der Waals surface area (Å²) in [7, 11) is 1.27. The lowest BCUT2D eigenvalue weighted by molar-refractivity contribution is -0.146. The molecule has 1 aromatic rings. The van der Waals surface area contributed by atoms with Crippen LogP contribution in [0.4, 0.5) is 0 Å². The number of aromatic hydroxyl groups is 1. The second kappa shape index (κ2) is 4.51. The van der Waals surface area contributed by atoms with Crippen molar-refractivity contribution in [3.05, 3.63) is 23.3 Å². The van der Waals surface area contributed by atoms with Gasteiger partial charge in [-0.05, 0) is 17.7 Å². The number of aliphatic hydroxyl groups excluding tert-OH is 1. The molecule has 84 valence electrons. The summed E-state index contributed by atoms with van der Waals surface area (Å²) in [5, 5.41) is 36.0. The maximum Gasteiger partial charge on any atom is 0.337 e. The van der Waals surface area contributed by atoms with Gasteiger partial charge < -0.3 is 20.1 Å². The zero-order chi connectivity index (χ0) is 12.3. The van der Waals surface area contributed by atoms with Gasteiger partial charge in [0, 0.05) is 0 Å². The number of hydrogen-bond donors (Lipinski definition) is 3. The smallest absolute Gasteiger partial charge is 0.337 e. The Morgan fingerprint density at radius 1 is 1.56 bits per heavy atom. The topological polar surface area (TPSA) is 111 Å². The van der Waals surface area contributed by atoms with E-state index in [1.165, 1.54) is 7.11 Å². The molecule has 0 radical (unpaired) electrons. The van der Waals surface area contributed by atoms with Crippen molar-refractivity contribution in [3.8, 4) is 17.6 Å². The third-order valence-corrected chi connectivity index (χ3v) is 1.97. The molecule has 0 aliphatic carbocycles. The first-order valence-corrected chi connectivity index (χ1v) is 4.23. The SMILES string of the molecule is COc1c(O)cc(C(O)C(=O)O)cc1C#N. The van der Waals surface area contributed by atoms with E-state index in [0.29, 0.717) is 0 Å². The zero-order valence-electron chi connectivity index (χ0n) is 8.34. The summed E-state index contributed by atoms with van der Waals surface area (Å²) in [6.45, 7) is 0. The Labute approximate surface area is 90.9 Å². The molecule has 6 heteroatoms. The minimum atomic E-state index is -1.79. The molecule has 1 atom stereocenters. The van der Waals surface area contributed by atoms with E-state index in [4.69, 9.17) is 15.1 Å². The Morgan fingerprint density at radius 3 is 2.62 bits per heavy atom. The quantitative estimate of drug-likeness (QED) is 0.683. The number of aliphatic carboxylic acids is 1. The number of carbonyl (C=O) groups is 1. The molecule has 0 aliphatic rings. The third kappa shape index (κ3) is 2.04. The van der Waals surface area contributed by atoms with Crippen LogP contribution < -0.4 is 4.74 Å².